The lowest BCUT2D eigenvalue weighted by Gasteiger charge is -2.35. The topological polar surface area (TPSA) is 150 Å². The van der Waals surface area contributed by atoms with Gasteiger partial charge in [0.25, 0.3) is 0 Å². The van der Waals surface area contributed by atoms with Crippen LogP contribution < -0.4 is 10.6 Å². The standard InChI is InChI=1S/C32H44N4O7S/c1-4-34-24-12-8-13-25(19-24)44(39,40)36(22-32(2,3)15-9-16-33)20-28(37)27(18-23-10-6-5-7-11-23)35-31(38)43-29-21-42-30-26(29)14-17-41-30/h5-8,10-13,19,26-30,34,37H,4,9,14-15,17-18,20-22H2,1-3H3,(H,35,38)/t26?,27-,28?,29?,30?/m0/s1. The fourth-order valence-corrected chi connectivity index (χ4v) is 7.37. The number of carbonyl (C=O) groups is 1. The van der Waals surface area contributed by atoms with E-state index in [1.54, 1.807) is 18.2 Å². The number of benzene rings is 2. The number of hydrogen-bond donors (Lipinski definition) is 3. The van der Waals surface area contributed by atoms with E-state index in [2.05, 4.69) is 16.7 Å². The maximum Gasteiger partial charge on any atom is 0.407 e. The second kappa shape index (κ2) is 15.2. The molecule has 0 radical (unpaired) electrons. The molecule has 2 aromatic rings. The van der Waals surface area contributed by atoms with Crippen molar-refractivity contribution in [2.75, 3.05) is 38.2 Å². The van der Waals surface area contributed by atoms with Crippen LogP contribution in [-0.2, 0) is 30.7 Å². The number of aliphatic hydroxyl groups is 1. The molecule has 0 saturated carbocycles. The van der Waals surface area contributed by atoms with Crippen molar-refractivity contribution in [3.8, 4) is 6.07 Å². The SMILES string of the molecule is CCNc1cccc(S(=O)(=O)N(CC(O)[C@H](Cc2ccccc2)NC(=O)OC2COC3OCCC23)CC(C)(C)CCC#N)c1. The van der Waals surface area contributed by atoms with Gasteiger partial charge in [-0.2, -0.15) is 9.57 Å². The second-order valence-corrected chi connectivity index (χ2v) is 14.1. The molecule has 0 aromatic heterocycles. The van der Waals surface area contributed by atoms with Crippen LogP contribution in [0.15, 0.2) is 59.5 Å². The van der Waals surface area contributed by atoms with Crippen LogP contribution in [0.5, 0.6) is 0 Å². The van der Waals surface area contributed by atoms with E-state index in [9.17, 15) is 23.6 Å². The van der Waals surface area contributed by atoms with Crippen LogP contribution in [0.4, 0.5) is 10.5 Å². The third-order valence-corrected chi connectivity index (χ3v) is 9.88. The molecule has 2 saturated heterocycles. The van der Waals surface area contributed by atoms with E-state index >= 15 is 0 Å². The van der Waals surface area contributed by atoms with Crippen LogP contribution in [0, 0.1) is 22.7 Å². The molecule has 4 rings (SSSR count). The number of hydrogen-bond acceptors (Lipinski definition) is 9. The number of carbonyl (C=O) groups excluding carboxylic acids is 1. The normalized spacial score (nSPS) is 21.3. The van der Waals surface area contributed by atoms with E-state index in [0.717, 1.165) is 12.0 Å². The molecule has 3 N–H and O–H groups in total. The number of nitrogens with one attached hydrogen (secondary N) is 2. The number of alkyl carbamates (subject to hydrolysis) is 1. The largest absolute Gasteiger partial charge is 0.443 e. The van der Waals surface area contributed by atoms with Crippen LogP contribution in [0.25, 0.3) is 0 Å². The maximum absolute atomic E-state index is 14.1. The van der Waals surface area contributed by atoms with Gasteiger partial charge in [0.15, 0.2) is 6.29 Å². The molecule has 2 aliphatic heterocycles. The quantitative estimate of drug-likeness (QED) is 0.267. The van der Waals surface area contributed by atoms with E-state index in [1.165, 1.54) is 10.4 Å². The molecule has 2 heterocycles. The molecule has 240 valence electrons. The average Bonchev–Trinajstić information content (AvgIpc) is 3.61. The molecule has 4 unspecified atom stereocenters. The van der Waals surface area contributed by atoms with Crippen LogP contribution >= 0.6 is 0 Å². The third-order valence-electron chi connectivity index (χ3n) is 8.07. The zero-order valence-corrected chi connectivity index (χ0v) is 26.5. The molecule has 0 bridgehead atoms. The molecule has 12 heteroatoms. The molecule has 2 fully saturated rings. The summed E-state index contributed by atoms with van der Waals surface area (Å²) in [6.45, 7) is 6.88. The highest BCUT2D eigenvalue weighted by molar-refractivity contribution is 7.89. The summed E-state index contributed by atoms with van der Waals surface area (Å²) < 4.78 is 46.3. The number of nitrogens with zero attached hydrogens (tertiary/aromatic N) is 2. The Kier molecular flexibility index (Phi) is 11.6. The number of sulfonamides is 1. The first-order valence-electron chi connectivity index (χ1n) is 15.2. The molecule has 1 amide bonds. The number of amides is 1. The number of anilines is 1. The molecule has 5 atom stereocenters. The van der Waals surface area contributed by atoms with Gasteiger partial charge in [-0.3, -0.25) is 0 Å². The molecule has 11 nitrogen and oxygen atoms in total. The van der Waals surface area contributed by atoms with E-state index in [-0.39, 0.29) is 49.6 Å². The Morgan fingerprint density at radius 3 is 2.70 bits per heavy atom. The van der Waals surface area contributed by atoms with Gasteiger partial charge < -0.3 is 30.0 Å². The summed E-state index contributed by atoms with van der Waals surface area (Å²) in [4.78, 5) is 13.2. The predicted molar refractivity (Wildman–Crippen MR) is 165 cm³/mol. The Balaban J connectivity index is 1.58. The minimum Gasteiger partial charge on any atom is -0.443 e. The number of rotatable bonds is 15. The van der Waals surface area contributed by atoms with Gasteiger partial charge in [-0.25, -0.2) is 13.2 Å². The van der Waals surface area contributed by atoms with E-state index in [0.29, 0.717) is 25.3 Å². The van der Waals surface area contributed by atoms with Crippen molar-refractivity contribution in [1.82, 2.24) is 9.62 Å². The van der Waals surface area contributed by atoms with Crippen molar-refractivity contribution in [2.24, 2.45) is 11.3 Å². The Bertz CT molecular complexity index is 1380. The summed E-state index contributed by atoms with van der Waals surface area (Å²) in [6, 6.07) is 17.2. The van der Waals surface area contributed by atoms with E-state index in [1.807, 2.05) is 51.1 Å². The first-order valence-corrected chi connectivity index (χ1v) is 16.6. The fraction of sp³-hybridized carbons (Fsp3) is 0.562. The minimum atomic E-state index is -4.08. The first-order chi connectivity index (χ1) is 21.0. The highest BCUT2D eigenvalue weighted by Gasteiger charge is 2.44. The van der Waals surface area contributed by atoms with Gasteiger partial charge in [-0.1, -0.05) is 50.2 Å². The molecule has 2 aromatic carbocycles. The minimum absolute atomic E-state index is 0.0486. The predicted octanol–water partition coefficient (Wildman–Crippen LogP) is 3.90. The van der Waals surface area contributed by atoms with Crippen molar-refractivity contribution in [3.63, 3.8) is 0 Å². The van der Waals surface area contributed by atoms with Crippen LogP contribution in [0.1, 0.15) is 45.6 Å². The number of aliphatic hydroxyl groups excluding tert-OH is 1. The highest BCUT2D eigenvalue weighted by atomic mass is 32.2. The van der Waals surface area contributed by atoms with Gasteiger partial charge >= 0.3 is 6.09 Å². The molecular weight excluding hydrogens is 584 g/mol. The zero-order valence-electron chi connectivity index (χ0n) is 25.6. The van der Waals surface area contributed by atoms with Crippen molar-refractivity contribution in [2.45, 2.75) is 75.9 Å². The lowest BCUT2D eigenvalue weighted by Crippen LogP contribution is -2.52. The van der Waals surface area contributed by atoms with Crippen LogP contribution in [0.3, 0.4) is 0 Å². The number of nitriles is 1. The molecule has 2 aliphatic rings. The van der Waals surface area contributed by atoms with Gasteiger partial charge in [-0.15, -0.1) is 0 Å². The monoisotopic (exact) mass is 628 g/mol. The Morgan fingerprint density at radius 1 is 1.20 bits per heavy atom. The smallest absolute Gasteiger partial charge is 0.407 e. The van der Waals surface area contributed by atoms with Crippen molar-refractivity contribution in [3.05, 3.63) is 60.2 Å². The molecular formula is C32H44N4O7S. The van der Waals surface area contributed by atoms with Gasteiger partial charge in [0.2, 0.25) is 10.0 Å². The number of fused-ring (bicyclic) bond motifs is 1. The van der Waals surface area contributed by atoms with Crippen LogP contribution in [0.2, 0.25) is 0 Å². The lowest BCUT2D eigenvalue weighted by atomic mass is 9.88. The van der Waals surface area contributed by atoms with E-state index in [4.69, 9.17) is 14.2 Å². The first kappa shape index (κ1) is 33.7. The summed E-state index contributed by atoms with van der Waals surface area (Å²) >= 11 is 0. The van der Waals surface area contributed by atoms with Crippen molar-refractivity contribution >= 4 is 21.8 Å². The summed E-state index contributed by atoms with van der Waals surface area (Å²) in [7, 11) is -4.08. The second-order valence-electron chi connectivity index (χ2n) is 12.2. The fourth-order valence-electron chi connectivity index (χ4n) is 5.68. The maximum atomic E-state index is 14.1. The summed E-state index contributed by atoms with van der Waals surface area (Å²) in [5, 5.41) is 26.8. The molecule has 0 aliphatic carbocycles. The lowest BCUT2D eigenvalue weighted by molar-refractivity contribution is -0.0907. The van der Waals surface area contributed by atoms with Gasteiger partial charge in [0.05, 0.1) is 42.2 Å². The third kappa shape index (κ3) is 8.92. The summed E-state index contributed by atoms with van der Waals surface area (Å²) in [5.41, 5.74) is 0.952. The van der Waals surface area contributed by atoms with Gasteiger partial charge in [0, 0.05) is 31.7 Å². The summed E-state index contributed by atoms with van der Waals surface area (Å²) in [6.07, 6.45) is -1.15. The van der Waals surface area contributed by atoms with Gasteiger partial charge in [-0.05, 0) is 55.4 Å². The van der Waals surface area contributed by atoms with Gasteiger partial charge in [0.1, 0.15) is 6.10 Å². The Hall–Kier alpha value is -3.21. The Labute approximate surface area is 260 Å². The number of ether oxygens (including phenoxy) is 3. The van der Waals surface area contributed by atoms with Crippen molar-refractivity contribution < 1.29 is 32.5 Å². The van der Waals surface area contributed by atoms with Crippen molar-refractivity contribution in [1.29, 1.82) is 5.26 Å². The molecule has 44 heavy (non-hydrogen) atoms. The average molecular weight is 629 g/mol. The highest BCUT2D eigenvalue weighted by Crippen LogP contribution is 2.33. The molecule has 0 spiro atoms. The zero-order chi connectivity index (χ0) is 31.7. The summed E-state index contributed by atoms with van der Waals surface area (Å²) in [5.74, 6) is -0.0486. The Morgan fingerprint density at radius 2 is 1.98 bits per heavy atom. The van der Waals surface area contributed by atoms with Crippen LogP contribution in [-0.4, -0.2) is 81.3 Å². The van der Waals surface area contributed by atoms with E-state index < -0.39 is 39.8 Å².